The zero-order valence-electron chi connectivity index (χ0n) is 26.8. The van der Waals surface area contributed by atoms with Gasteiger partial charge < -0.3 is 0 Å². The van der Waals surface area contributed by atoms with Crippen molar-refractivity contribution >= 4 is 0 Å². The van der Waals surface area contributed by atoms with Crippen molar-refractivity contribution in [2.24, 2.45) is 17.3 Å². The summed E-state index contributed by atoms with van der Waals surface area (Å²) in [7, 11) is 0. The molecule has 0 rings (SSSR count). The molecule has 0 heteroatoms. The van der Waals surface area contributed by atoms with E-state index in [0.29, 0.717) is 11.8 Å². The van der Waals surface area contributed by atoms with Gasteiger partial charge in [-0.05, 0) is 127 Å². The van der Waals surface area contributed by atoms with Crippen molar-refractivity contribution in [2.45, 2.75) is 151 Å². The van der Waals surface area contributed by atoms with E-state index in [9.17, 15) is 0 Å². The Morgan fingerprint density at radius 1 is 0.763 bits per heavy atom. The molecule has 0 aromatic rings. The minimum absolute atomic E-state index is 0.182. The van der Waals surface area contributed by atoms with Crippen LogP contribution in [0.5, 0.6) is 0 Å². The number of hydrogen-bond acceptors (Lipinski definition) is 0. The molecule has 0 aromatic carbocycles. The maximum Gasteiger partial charge on any atom is -0.0135 e. The molecule has 0 amide bonds. The van der Waals surface area contributed by atoms with Crippen molar-refractivity contribution in [3.8, 4) is 0 Å². The molecule has 218 valence electrons. The van der Waals surface area contributed by atoms with E-state index in [-0.39, 0.29) is 5.41 Å². The van der Waals surface area contributed by atoms with Gasteiger partial charge in [-0.1, -0.05) is 94.2 Å². The Hall–Kier alpha value is -1.56. The highest BCUT2D eigenvalue weighted by Crippen LogP contribution is 2.38. The van der Waals surface area contributed by atoms with Crippen LogP contribution in [-0.2, 0) is 0 Å². The van der Waals surface area contributed by atoms with Gasteiger partial charge in [0.2, 0.25) is 0 Å². The quantitative estimate of drug-likeness (QED) is 0.0826. The molecule has 0 heterocycles. The maximum absolute atomic E-state index is 4.04. The smallest absolute Gasteiger partial charge is 0.0135 e. The lowest BCUT2D eigenvalue weighted by Crippen LogP contribution is -2.15. The third-order valence-electron chi connectivity index (χ3n) is 7.95. The predicted octanol–water partition coefficient (Wildman–Crippen LogP) is 13.3. The van der Waals surface area contributed by atoms with Gasteiger partial charge in [-0.2, -0.15) is 0 Å². The largest absolute Gasteiger partial charge is 0.103 e. The van der Waals surface area contributed by atoms with Gasteiger partial charge in [-0.15, -0.1) is 19.7 Å². The first-order chi connectivity index (χ1) is 18.2. The lowest BCUT2D eigenvalue weighted by molar-refractivity contribution is 0.432. The van der Waals surface area contributed by atoms with E-state index in [4.69, 9.17) is 0 Å². The van der Waals surface area contributed by atoms with E-state index in [0.717, 1.165) is 19.3 Å². The number of rotatable bonds is 25. The second-order valence-electron chi connectivity index (χ2n) is 12.5. The summed E-state index contributed by atoms with van der Waals surface area (Å²) in [6, 6.07) is 0. The molecule has 0 spiro atoms. The van der Waals surface area contributed by atoms with Gasteiger partial charge >= 0.3 is 0 Å². The zero-order chi connectivity index (χ0) is 28.7. The van der Waals surface area contributed by atoms with Gasteiger partial charge in [0.05, 0.1) is 0 Å². The average Bonchev–Trinajstić information content (AvgIpc) is 2.87. The highest BCUT2D eigenvalue weighted by molar-refractivity contribution is 5.22. The van der Waals surface area contributed by atoms with Crippen LogP contribution in [0.3, 0.4) is 0 Å². The average molecular weight is 523 g/mol. The summed E-state index contributed by atoms with van der Waals surface area (Å²) in [6.45, 7) is 26.2. The van der Waals surface area contributed by atoms with Crippen LogP contribution in [-0.4, -0.2) is 0 Å². The Kier molecular flexibility index (Phi) is 22.4. The Morgan fingerprint density at radius 2 is 1.34 bits per heavy atom. The molecule has 0 radical (unpaired) electrons. The normalized spacial score (nSPS) is 14.8. The summed E-state index contributed by atoms with van der Waals surface area (Å²) in [4.78, 5) is 0. The first-order valence-corrected chi connectivity index (χ1v) is 16.1. The lowest BCUT2D eigenvalue weighted by Gasteiger charge is -2.30. The van der Waals surface area contributed by atoms with E-state index in [1.165, 1.54) is 89.9 Å². The lowest BCUT2D eigenvalue weighted by atomic mass is 9.76. The zero-order valence-corrected chi connectivity index (χ0v) is 26.8. The highest BCUT2D eigenvalue weighted by Gasteiger charge is 2.23. The first-order valence-electron chi connectivity index (χ1n) is 16.1. The molecule has 0 saturated carbocycles. The molecule has 0 fully saturated rings. The van der Waals surface area contributed by atoms with Gasteiger partial charge in [0.25, 0.3) is 0 Å². The Morgan fingerprint density at radius 3 is 1.92 bits per heavy atom. The summed E-state index contributed by atoms with van der Waals surface area (Å²) in [5, 5.41) is 0. The van der Waals surface area contributed by atoms with Crippen molar-refractivity contribution in [2.75, 3.05) is 0 Å². The van der Waals surface area contributed by atoms with Crippen LogP contribution in [0.1, 0.15) is 151 Å². The predicted molar refractivity (Wildman–Crippen MR) is 177 cm³/mol. The first kappa shape index (κ1) is 36.4. The molecule has 2 atom stereocenters. The Balaban J connectivity index is 5.95. The topological polar surface area (TPSA) is 0 Å². The molecular weight excluding hydrogens is 456 g/mol. The van der Waals surface area contributed by atoms with Gasteiger partial charge in [0, 0.05) is 0 Å². The van der Waals surface area contributed by atoms with Crippen LogP contribution >= 0.6 is 0 Å². The molecule has 0 saturated heterocycles. The number of unbranched alkanes of at least 4 members (excludes halogenated alkanes) is 7. The fourth-order valence-corrected chi connectivity index (χ4v) is 5.75. The Bertz CT molecular complexity index is 710. The Labute approximate surface area is 240 Å². The van der Waals surface area contributed by atoms with Crippen molar-refractivity contribution in [1.29, 1.82) is 0 Å². The van der Waals surface area contributed by atoms with Crippen molar-refractivity contribution in [3.63, 3.8) is 0 Å². The van der Waals surface area contributed by atoms with Crippen LogP contribution in [0.25, 0.3) is 0 Å². The molecule has 0 N–H and O–H groups in total. The van der Waals surface area contributed by atoms with Crippen molar-refractivity contribution in [1.82, 2.24) is 0 Å². The fraction of sp³-hybridized carbons (Fsp3) is 0.684. The molecule has 0 aliphatic carbocycles. The maximum atomic E-state index is 4.04. The highest BCUT2D eigenvalue weighted by atomic mass is 14.3. The SMILES string of the molecule is C=CCCCCCC(=CC(C)(C)CC(CC(C)CC=C)=C(CCCCC=CC)C(C)CC)CCCCC=C. The third kappa shape index (κ3) is 18.7. The van der Waals surface area contributed by atoms with E-state index in [1.807, 2.05) is 0 Å². The number of allylic oxidation sites excluding steroid dienone is 9. The van der Waals surface area contributed by atoms with Gasteiger partial charge in [0.1, 0.15) is 0 Å². The molecule has 38 heavy (non-hydrogen) atoms. The molecule has 2 unspecified atom stereocenters. The summed E-state index contributed by atoms with van der Waals surface area (Å²) >= 11 is 0. The molecular formula is C38H66. The van der Waals surface area contributed by atoms with Crippen LogP contribution in [0.4, 0.5) is 0 Å². The van der Waals surface area contributed by atoms with Crippen molar-refractivity contribution in [3.05, 3.63) is 72.9 Å². The van der Waals surface area contributed by atoms with Crippen LogP contribution in [0.15, 0.2) is 72.9 Å². The fourth-order valence-electron chi connectivity index (χ4n) is 5.75. The molecule has 0 aliphatic rings. The van der Waals surface area contributed by atoms with Crippen LogP contribution in [0.2, 0.25) is 0 Å². The summed E-state index contributed by atoms with van der Waals surface area (Å²) in [6.07, 6.45) is 34.5. The minimum Gasteiger partial charge on any atom is -0.103 e. The van der Waals surface area contributed by atoms with Gasteiger partial charge in [-0.3, -0.25) is 0 Å². The van der Waals surface area contributed by atoms with Crippen LogP contribution < -0.4 is 0 Å². The van der Waals surface area contributed by atoms with E-state index in [2.05, 4.69) is 97.7 Å². The summed E-state index contributed by atoms with van der Waals surface area (Å²) in [5.74, 6) is 1.33. The summed E-state index contributed by atoms with van der Waals surface area (Å²) in [5.41, 5.74) is 5.38. The molecule has 0 aromatic heterocycles. The standard InChI is InChI=1S/C38H66/c1-10-15-18-21-24-28-35(27-23-20-17-12-3)31-38(8,9)32-36(30-33(6)26-13-4)37(34(7)14-5)29-25-22-19-16-11-2/h10-13,16,31,33-34H,1,3-4,14-15,17-30,32H2,2,5-9H3. The van der Waals surface area contributed by atoms with E-state index >= 15 is 0 Å². The molecule has 0 aliphatic heterocycles. The molecule has 0 nitrogen and oxygen atoms in total. The van der Waals surface area contributed by atoms with Gasteiger partial charge in [-0.25, -0.2) is 0 Å². The minimum atomic E-state index is 0.182. The monoisotopic (exact) mass is 523 g/mol. The van der Waals surface area contributed by atoms with Crippen LogP contribution in [0, 0.1) is 17.3 Å². The number of hydrogen-bond donors (Lipinski definition) is 0. The summed E-state index contributed by atoms with van der Waals surface area (Å²) < 4.78 is 0. The third-order valence-corrected chi connectivity index (χ3v) is 7.95. The van der Waals surface area contributed by atoms with Gasteiger partial charge in [0.15, 0.2) is 0 Å². The molecule has 0 bridgehead atoms. The van der Waals surface area contributed by atoms with E-state index in [1.54, 1.807) is 16.7 Å². The van der Waals surface area contributed by atoms with E-state index < -0.39 is 0 Å². The van der Waals surface area contributed by atoms with Crippen molar-refractivity contribution < 1.29 is 0 Å². The second kappa shape index (κ2) is 23.3. The second-order valence-corrected chi connectivity index (χ2v) is 12.5.